The molecule has 4 N–H and O–H groups in total. The Kier molecular flexibility index (Phi) is 7.54. The van der Waals surface area contributed by atoms with Crippen molar-refractivity contribution in [3.05, 3.63) is 65.7 Å². The van der Waals surface area contributed by atoms with Crippen LogP contribution >= 0.6 is 0 Å². The number of halogens is 3. The summed E-state index contributed by atoms with van der Waals surface area (Å²) in [5, 5.41) is 9.92. The number of hydrogen-bond acceptors (Lipinski definition) is 4. The summed E-state index contributed by atoms with van der Waals surface area (Å²) in [6, 6.07) is 16.4. The first-order chi connectivity index (χ1) is 14.1. The number of para-hydroxylation sites is 1. The number of nitrogens with two attached hydrogens (primary N) is 1. The minimum atomic E-state index is -5.08. The first-order valence-electron chi connectivity index (χ1n) is 8.84. The number of carbonyl (C=O) groups is 3. The molecule has 1 heterocycles. The van der Waals surface area contributed by atoms with Crippen molar-refractivity contribution in [1.82, 2.24) is 4.90 Å². The van der Waals surface area contributed by atoms with Crippen molar-refractivity contribution in [2.24, 2.45) is 5.73 Å². The summed E-state index contributed by atoms with van der Waals surface area (Å²) in [5.74, 6) is -3.17. The van der Waals surface area contributed by atoms with E-state index in [0.717, 1.165) is 11.1 Å². The zero-order valence-corrected chi connectivity index (χ0v) is 15.7. The Morgan fingerprint density at radius 1 is 1.07 bits per heavy atom. The van der Waals surface area contributed by atoms with Crippen molar-refractivity contribution < 1.29 is 32.7 Å². The van der Waals surface area contributed by atoms with Gasteiger partial charge < -0.3 is 21.1 Å². The summed E-state index contributed by atoms with van der Waals surface area (Å²) < 4.78 is 31.7. The molecule has 10 heteroatoms. The van der Waals surface area contributed by atoms with Crippen LogP contribution in [0.4, 0.5) is 18.9 Å². The molecule has 2 amide bonds. The minimum Gasteiger partial charge on any atom is -0.475 e. The number of nitrogens with one attached hydrogen (secondary N) is 1. The van der Waals surface area contributed by atoms with Gasteiger partial charge in [0.15, 0.2) is 0 Å². The van der Waals surface area contributed by atoms with Crippen molar-refractivity contribution >= 4 is 23.5 Å². The molecule has 2 aromatic rings. The Morgan fingerprint density at radius 2 is 1.60 bits per heavy atom. The van der Waals surface area contributed by atoms with Crippen LogP contribution in [0.2, 0.25) is 0 Å². The van der Waals surface area contributed by atoms with Crippen molar-refractivity contribution in [3.63, 3.8) is 0 Å². The molecule has 0 aliphatic carbocycles. The van der Waals surface area contributed by atoms with Gasteiger partial charge in [0.1, 0.15) is 6.54 Å². The van der Waals surface area contributed by atoms with Crippen LogP contribution in [0.5, 0.6) is 0 Å². The van der Waals surface area contributed by atoms with Crippen LogP contribution in [-0.2, 0) is 27.3 Å². The quantitative estimate of drug-likeness (QED) is 0.701. The highest BCUT2D eigenvalue weighted by molar-refractivity contribution is 5.95. The fourth-order valence-corrected chi connectivity index (χ4v) is 2.78. The maximum absolute atomic E-state index is 12.4. The van der Waals surface area contributed by atoms with Crippen LogP contribution in [-0.4, -0.2) is 46.6 Å². The van der Waals surface area contributed by atoms with Crippen molar-refractivity contribution in [3.8, 4) is 0 Å². The van der Waals surface area contributed by atoms with Crippen molar-refractivity contribution in [1.29, 1.82) is 0 Å². The van der Waals surface area contributed by atoms with Gasteiger partial charge in [-0.05, 0) is 29.7 Å². The summed E-state index contributed by atoms with van der Waals surface area (Å²) in [7, 11) is 0. The van der Waals surface area contributed by atoms with E-state index in [4.69, 9.17) is 15.6 Å². The Morgan fingerprint density at radius 3 is 2.17 bits per heavy atom. The molecule has 0 radical (unpaired) electrons. The lowest BCUT2D eigenvalue weighted by molar-refractivity contribution is -0.192. The van der Waals surface area contributed by atoms with Gasteiger partial charge >= 0.3 is 12.1 Å². The van der Waals surface area contributed by atoms with Crippen LogP contribution < -0.4 is 11.1 Å². The predicted octanol–water partition coefficient (Wildman–Crippen LogP) is 2.17. The number of amides is 2. The predicted molar refractivity (Wildman–Crippen MR) is 102 cm³/mol. The molecule has 0 spiro atoms. The van der Waals surface area contributed by atoms with Gasteiger partial charge in [-0.15, -0.1) is 0 Å². The number of carboxylic acids is 1. The molecular formula is C20H20F3N3O4. The minimum absolute atomic E-state index is 0.00420. The number of benzene rings is 2. The molecule has 30 heavy (non-hydrogen) atoms. The fourth-order valence-electron chi connectivity index (χ4n) is 2.78. The number of anilines is 1. The molecule has 0 aromatic heterocycles. The van der Waals surface area contributed by atoms with Gasteiger partial charge in [-0.25, -0.2) is 4.79 Å². The molecule has 0 saturated heterocycles. The first-order valence-corrected chi connectivity index (χ1v) is 8.84. The molecule has 2 aromatic carbocycles. The molecule has 0 unspecified atom stereocenters. The van der Waals surface area contributed by atoms with Crippen molar-refractivity contribution in [2.45, 2.75) is 25.2 Å². The third-order valence-corrected chi connectivity index (χ3v) is 4.18. The van der Waals surface area contributed by atoms with E-state index in [1.807, 2.05) is 54.6 Å². The van der Waals surface area contributed by atoms with Crippen LogP contribution in [0.1, 0.15) is 11.1 Å². The molecule has 0 saturated carbocycles. The molecule has 0 bridgehead atoms. The van der Waals surface area contributed by atoms with Crippen LogP contribution in [0.3, 0.4) is 0 Å². The highest BCUT2D eigenvalue weighted by Gasteiger charge is 2.38. The first kappa shape index (κ1) is 22.9. The van der Waals surface area contributed by atoms with E-state index in [1.165, 1.54) is 4.90 Å². The summed E-state index contributed by atoms with van der Waals surface area (Å²) in [6.07, 6.45) is -4.58. The maximum atomic E-state index is 12.4. The molecule has 1 aliphatic heterocycles. The Bertz CT molecular complexity index is 904. The second-order valence-corrected chi connectivity index (χ2v) is 6.49. The smallest absolute Gasteiger partial charge is 0.475 e. The van der Waals surface area contributed by atoms with E-state index in [-0.39, 0.29) is 18.4 Å². The van der Waals surface area contributed by atoms with E-state index in [9.17, 15) is 22.8 Å². The van der Waals surface area contributed by atoms with Gasteiger partial charge in [-0.1, -0.05) is 42.5 Å². The number of carboxylic acid groups (broad SMARTS) is 1. The van der Waals surface area contributed by atoms with Gasteiger partial charge in [0.05, 0.1) is 6.04 Å². The van der Waals surface area contributed by atoms with Crippen molar-refractivity contribution in [2.75, 3.05) is 11.9 Å². The Labute approximate surface area is 170 Å². The average Bonchev–Trinajstić information content (AvgIpc) is 2.79. The lowest BCUT2D eigenvalue weighted by atomic mass is 10.0. The number of alkyl halides is 3. The third kappa shape index (κ3) is 6.59. The Hall–Kier alpha value is -3.40. The average molecular weight is 423 g/mol. The number of carbonyl (C=O) groups excluding carboxylic acids is 2. The molecule has 1 aliphatic rings. The highest BCUT2D eigenvalue weighted by Crippen LogP contribution is 2.19. The molecule has 3 rings (SSSR count). The lowest BCUT2D eigenvalue weighted by Crippen LogP contribution is -2.45. The number of fused-ring (bicyclic) bond motifs is 1. The van der Waals surface area contributed by atoms with E-state index in [2.05, 4.69) is 5.32 Å². The third-order valence-electron chi connectivity index (χ3n) is 4.18. The molecule has 7 nitrogen and oxygen atoms in total. The molecule has 0 fully saturated rings. The van der Waals surface area contributed by atoms with E-state index >= 15 is 0 Å². The summed E-state index contributed by atoms with van der Waals surface area (Å²) in [4.78, 5) is 35.1. The summed E-state index contributed by atoms with van der Waals surface area (Å²) in [5.41, 5.74) is 8.81. The number of nitrogens with zero attached hydrogens (tertiary/aromatic N) is 1. The van der Waals surface area contributed by atoms with E-state index in [0.29, 0.717) is 18.7 Å². The normalized spacial score (nSPS) is 15.9. The summed E-state index contributed by atoms with van der Waals surface area (Å²) >= 11 is 0. The highest BCUT2D eigenvalue weighted by atomic mass is 19.4. The van der Waals surface area contributed by atoms with Gasteiger partial charge in [0.25, 0.3) is 0 Å². The maximum Gasteiger partial charge on any atom is 0.490 e. The van der Waals surface area contributed by atoms with Gasteiger partial charge in [0.2, 0.25) is 11.8 Å². The van der Waals surface area contributed by atoms with Crippen LogP contribution in [0.25, 0.3) is 0 Å². The van der Waals surface area contributed by atoms with Gasteiger partial charge in [-0.3, -0.25) is 9.59 Å². The zero-order valence-electron chi connectivity index (χ0n) is 15.7. The van der Waals surface area contributed by atoms with Gasteiger partial charge in [-0.2, -0.15) is 13.2 Å². The summed E-state index contributed by atoms with van der Waals surface area (Å²) in [6.45, 7) is 0.403. The second-order valence-electron chi connectivity index (χ2n) is 6.49. The number of aliphatic carboxylic acids is 1. The van der Waals surface area contributed by atoms with Crippen LogP contribution in [0, 0.1) is 0 Å². The second kappa shape index (κ2) is 9.88. The largest absolute Gasteiger partial charge is 0.490 e. The molecule has 1 atom stereocenters. The van der Waals surface area contributed by atoms with Crippen LogP contribution in [0.15, 0.2) is 54.6 Å². The van der Waals surface area contributed by atoms with E-state index in [1.54, 1.807) is 0 Å². The monoisotopic (exact) mass is 423 g/mol. The topological polar surface area (TPSA) is 113 Å². The SMILES string of the molecule is N[C@H]1Cc2ccccc2CN(CC(=O)Nc2ccccc2)C1=O.O=C(O)C(F)(F)F. The molecular weight excluding hydrogens is 403 g/mol. The Balaban J connectivity index is 0.000000396. The zero-order chi connectivity index (χ0) is 22.3. The number of hydrogen-bond donors (Lipinski definition) is 3. The number of rotatable bonds is 3. The molecule has 160 valence electrons. The standard InChI is InChI=1S/C18H19N3O2.C2HF3O2/c19-16-10-13-6-4-5-7-14(13)11-21(18(16)23)12-17(22)20-15-8-2-1-3-9-15;3-2(4,5)1(6)7/h1-9,16H,10-12,19H2,(H,20,22);(H,6,7)/t16-;/m0./s1. The lowest BCUT2D eigenvalue weighted by Gasteiger charge is -2.22. The van der Waals surface area contributed by atoms with E-state index < -0.39 is 18.2 Å². The van der Waals surface area contributed by atoms with Gasteiger partial charge in [0, 0.05) is 12.2 Å². The fraction of sp³-hybridized carbons (Fsp3) is 0.250.